The molecular formula is C21H22N2O3S. The highest BCUT2D eigenvalue weighted by Gasteiger charge is 2.14. The first-order valence-electron chi connectivity index (χ1n) is 8.63. The largest absolute Gasteiger partial charge is 0.497 e. The Labute approximate surface area is 163 Å². The zero-order valence-electron chi connectivity index (χ0n) is 15.6. The van der Waals surface area contributed by atoms with E-state index in [2.05, 4.69) is 10.5 Å². The number of rotatable bonds is 7. The van der Waals surface area contributed by atoms with Gasteiger partial charge in [-0.3, -0.25) is 4.79 Å². The van der Waals surface area contributed by atoms with Crippen LogP contribution in [0.4, 0.5) is 0 Å². The number of benzene rings is 2. The molecule has 3 rings (SSSR count). The number of thioether (sulfide) groups is 1. The lowest BCUT2D eigenvalue weighted by Gasteiger charge is -2.10. The van der Waals surface area contributed by atoms with Crippen LogP contribution in [0.3, 0.4) is 0 Å². The average molecular weight is 382 g/mol. The van der Waals surface area contributed by atoms with Crippen LogP contribution in [-0.4, -0.2) is 18.2 Å². The SMILES string of the molecule is COc1ccc(CNC(=O)c2ccccc2SCc2c(C)noc2C)cc1. The summed E-state index contributed by atoms with van der Waals surface area (Å²) in [5, 5.41) is 6.97. The van der Waals surface area contributed by atoms with Crippen molar-refractivity contribution in [2.24, 2.45) is 0 Å². The number of hydrogen-bond acceptors (Lipinski definition) is 5. The van der Waals surface area contributed by atoms with Crippen molar-refractivity contribution in [2.75, 3.05) is 7.11 Å². The molecule has 0 saturated heterocycles. The van der Waals surface area contributed by atoms with Gasteiger partial charge in [-0.05, 0) is 43.7 Å². The first kappa shape index (κ1) is 19.0. The predicted octanol–water partition coefficient (Wildman–Crippen LogP) is 4.52. The Kier molecular flexibility index (Phi) is 6.19. The highest BCUT2D eigenvalue weighted by Crippen LogP contribution is 2.28. The van der Waals surface area contributed by atoms with Gasteiger partial charge in [0.05, 0.1) is 18.4 Å². The van der Waals surface area contributed by atoms with Gasteiger partial charge in [-0.25, -0.2) is 0 Å². The van der Waals surface area contributed by atoms with Crippen LogP contribution >= 0.6 is 11.8 Å². The summed E-state index contributed by atoms with van der Waals surface area (Å²) in [6, 6.07) is 15.3. The highest BCUT2D eigenvalue weighted by atomic mass is 32.2. The van der Waals surface area contributed by atoms with Gasteiger partial charge in [0.25, 0.3) is 5.91 Å². The second-order valence-electron chi connectivity index (χ2n) is 6.12. The van der Waals surface area contributed by atoms with E-state index in [0.717, 1.165) is 33.2 Å². The third kappa shape index (κ3) is 4.71. The summed E-state index contributed by atoms with van der Waals surface area (Å²) in [7, 11) is 1.63. The van der Waals surface area contributed by atoms with Crippen LogP contribution in [-0.2, 0) is 12.3 Å². The normalized spacial score (nSPS) is 10.6. The Morgan fingerprint density at radius 3 is 2.56 bits per heavy atom. The third-order valence-electron chi connectivity index (χ3n) is 4.30. The molecule has 1 amide bonds. The van der Waals surface area contributed by atoms with Gasteiger partial charge in [-0.1, -0.05) is 29.4 Å². The van der Waals surface area contributed by atoms with Gasteiger partial charge in [-0.15, -0.1) is 11.8 Å². The quantitative estimate of drug-likeness (QED) is 0.609. The molecule has 6 heteroatoms. The smallest absolute Gasteiger partial charge is 0.252 e. The minimum Gasteiger partial charge on any atom is -0.497 e. The molecule has 0 radical (unpaired) electrons. The number of ether oxygens (including phenoxy) is 1. The van der Waals surface area contributed by atoms with Crippen LogP contribution in [0.15, 0.2) is 57.9 Å². The van der Waals surface area contributed by atoms with Crippen LogP contribution in [0.5, 0.6) is 5.75 Å². The molecule has 0 saturated carbocycles. The molecule has 0 fully saturated rings. The third-order valence-corrected chi connectivity index (χ3v) is 5.40. The van der Waals surface area contributed by atoms with Crippen molar-refractivity contribution >= 4 is 17.7 Å². The van der Waals surface area contributed by atoms with E-state index < -0.39 is 0 Å². The second kappa shape index (κ2) is 8.77. The Morgan fingerprint density at radius 1 is 1.15 bits per heavy atom. The number of hydrogen-bond donors (Lipinski definition) is 1. The molecular weight excluding hydrogens is 360 g/mol. The number of aryl methyl sites for hydroxylation is 2. The van der Waals surface area contributed by atoms with E-state index in [9.17, 15) is 4.79 Å². The van der Waals surface area contributed by atoms with Crippen molar-refractivity contribution in [3.8, 4) is 5.75 Å². The summed E-state index contributed by atoms with van der Waals surface area (Å²) in [5.41, 5.74) is 3.66. The van der Waals surface area contributed by atoms with Gasteiger partial charge in [0.2, 0.25) is 0 Å². The minimum absolute atomic E-state index is 0.0901. The predicted molar refractivity (Wildman–Crippen MR) is 106 cm³/mol. The summed E-state index contributed by atoms with van der Waals surface area (Å²) < 4.78 is 10.4. The molecule has 0 atom stereocenters. The van der Waals surface area contributed by atoms with E-state index >= 15 is 0 Å². The first-order valence-corrected chi connectivity index (χ1v) is 9.61. The molecule has 27 heavy (non-hydrogen) atoms. The fourth-order valence-corrected chi connectivity index (χ4v) is 3.86. The average Bonchev–Trinajstić information content (AvgIpc) is 3.02. The molecule has 0 aliphatic carbocycles. The standard InChI is InChI=1S/C21H22N2O3S/c1-14-19(15(2)26-23-14)13-27-20-7-5-4-6-18(20)21(24)22-12-16-8-10-17(25-3)11-9-16/h4-11H,12-13H2,1-3H3,(H,22,24). The highest BCUT2D eigenvalue weighted by molar-refractivity contribution is 7.98. The number of carbonyl (C=O) groups is 1. The summed E-state index contributed by atoms with van der Waals surface area (Å²) in [4.78, 5) is 13.6. The van der Waals surface area contributed by atoms with Crippen molar-refractivity contribution < 1.29 is 14.1 Å². The molecule has 2 aromatic carbocycles. The lowest BCUT2D eigenvalue weighted by atomic mass is 10.2. The summed E-state index contributed by atoms with van der Waals surface area (Å²) in [6.07, 6.45) is 0. The van der Waals surface area contributed by atoms with Gasteiger partial charge in [0.15, 0.2) is 0 Å². The Morgan fingerprint density at radius 2 is 1.89 bits per heavy atom. The van der Waals surface area contributed by atoms with Crippen molar-refractivity contribution in [3.05, 3.63) is 76.7 Å². The van der Waals surface area contributed by atoms with Crippen molar-refractivity contribution in [1.29, 1.82) is 0 Å². The van der Waals surface area contributed by atoms with Gasteiger partial charge in [0, 0.05) is 22.8 Å². The Hall–Kier alpha value is -2.73. The fourth-order valence-electron chi connectivity index (χ4n) is 2.66. The molecule has 1 heterocycles. The number of aromatic nitrogens is 1. The lowest BCUT2D eigenvalue weighted by molar-refractivity contribution is 0.0948. The molecule has 0 bridgehead atoms. The number of amides is 1. The zero-order valence-corrected chi connectivity index (χ0v) is 16.4. The molecule has 0 unspecified atom stereocenters. The molecule has 1 N–H and O–H groups in total. The van der Waals surface area contributed by atoms with Gasteiger partial charge < -0.3 is 14.6 Å². The maximum absolute atomic E-state index is 12.7. The monoisotopic (exact) mass is 382 g/mol. The molecule has 0 aliphatic rings. The summed E-state index contributed by atoms with van der Waals surface area (Å²) in [6.45, 7) is 4.30. The van der Waals surface area contributed by atoms with E-state index in [-0.39, 0.29) is 5.91 Å². The van der Waals surface area contributed by atoms with Crippen LogP contribution in [0.25, 0.3) is 0 Å². The van der Waals surface area contributed by atoms with E-state index in [0.29, 0.717) is 17.9 Å². The maximum Gasteiger partial charge on any atom is 0.252 e. The van der Waals surface area contributed by atoms with Crippen LogP contribution in [0.1, 0.15) is 32.9 Å². The Bertz CT molecular complexity index is 900. The van der Waals surface area contributed by atoms with Crippen LogP contribution in [0, 0.1) is 13.8 Å². The van der Waals surface area contributed by atoms with Crippen molar-refractivity contribution in [3.63, 3.8) is 0 Å². The molecule has 5 nitrogen and oxygen atoms in total. The van der Waals surface area contributed by atoms with Gasteiger partial charge in [-0.2, -0.15) is 0 Å². The number of nitrogens with one attached hydrogen (secondary N) is 1. The minimum atomic E-state index is -0.0901. The van der Waals surface area contributed by atoms with E-state index in [1.54, 1.807) is 18.9 Å². The molecule has 0 aliphatic heterocycles. The van der Waals surface area contributed by atoms with E-state index in [1.807, 2.05) is 62.4 Å². The first-order chi connectivity index (χ1) is 13.1. The topological polar surface area (TPSA) is 64.4 Å². The van der Waals surface area contributed by atoms with Gasteiger partial charge >= 0.3 is 0 Å². The summed E-state index contributed by atoms with van der Waals surface area (Å²) >= 11 is 1.61. The maximum atomic E-state index is 12.7. The van der Waals surface area contributed by atoms with Crippen molar-refractivity contribution in [1.82, 2.24) is 10.5 Å². The number of nitrogens with zero attached hydrogens (tertiary/aromatic N) is 1. The second-order valence-corrected chi connectivity index (χ2v) is 7.14. The lowest BCUT2D eigenvalue weighted by Crippen LogP contribution is -2.23. The molecule has 140 valence electrons. The zero-order chi connectivity index (χ0) is 19.2. The van der Waals surface area contributed by atoms with Gasteiger partial charge in [0.1, 0.15) is 11.5 Å². The van der Waals surface area contributed by atoms with Crippen LogP contribution in [0.2, 0.25) is 0 Å². The number of carbonyl (C=O) groups excluding carboxylic acids is 1. The summed E-state index contributed by atoms with van der Waals surface area (Å²) in [5.74, 6) is 2.24. The number of methoxy groups -OCH3 is 1. The molecule has 3 aromatic rings. The molecule has 0 spiro atoms. The van der Waals surface area contributed by atoms with E-state index in [4.69, 9.17) is 9.26 Å². The van der Waals surface area contributed by atoms with Crippen molar-refractivity contribution in [2.45, 2.75) is 31.0 Å². The van der Waals surface area contributed by atoms with E-state index in [1.165, 1.54) is 0 Å². The fraction of sp³-hybridized carbons (Fsp3) is 0.238. The van der Waals surface area contributed by atoms with Crippen LogP contribution < -0.4 is 10.1 Å². The Balaban J connectivity index is 1.66. The molecule has 1 aromatic heterocycles.